The van der Waals surface area contributed by atoms with E-state index in [1.807, 2.05) is 50.2 Å². The van der Waals surface area contributed by atoms with Gasteiger partial charge in [-0.05, 0) is 61.4 Å². The summed E-state index contributed by atoms with van der Waals surface area (Å²) in [7, 11) is -1.15. The zero-order valence-electron chi connectivity index (χ0n) is 16.9. The molecular formula is C23H24ClNO4S. The number of benzene rings is 2. The van der Waals surface area contributed by atoms with Gasteiger partial charge in [-0.1, -0.05) is 35.9 Å². The molecule has 0 saturated heterocycles. The highest BCUT2D eigenvalue weighted by molar-refractivity contribution is 7.83. The topological polar surface area (TPSA) is 68.5 Å². The van der Waals surface area contributed by atoms with Gasteiger partial charge in [-0.15, -0.1) is 0 Å². The van der Waals surface area contributed by atoms with Crippen LogP contribution in [0.2, 0.25) is 5.02 Å². The molecule has 158 valence electrons. The predicted octanol–water partition coefficient (Wildman–Crippen LogP) is 5.10. The van der Waals surface area contributed by atoms with Crippen LogP contribution in [0.15, 0.2) is 65.1 Å². The number of nitrogens with one attached hydrogen (secondary N) is 1. The lowest BCUT2D eigenvalue weighted by molar-refractivity contribution is 0.0921. The Labute approximate surface area is 183 Å². The summed E-state index contributed by atoms with van der Waals surface area (Å²) in [6.07, 6.45) is 0.115. The first-order chi connectivity index (χ1) is 14.4. The van der Waals surface area contributed by atoms with Crippen LogP contribution in [0.25, 0.3) is 0 Å². The molecule has 0 saturated carbocycles. The Morgan fingerprint density at radius 3 is 2.33 bits per heavy atom. The Morgan fingerprint density at radius 2 is 1.67 bits per heavy atom. The average Bonchev–Trinajstić information content (AvgIpc) is 3.17. The van der Waals surface area contributed by atoms with E-state index in [-0.39, 0.29) is 23.5 Å². The van der Waals surface area contributed by atoms with E-state index in [2.05, 4.69) is 5.32 Å². The van der Waals surface area contributed by atoms with Crippen molar-refractivity contribution < 1.29 is 18.2 Å². The SMILES string of the molecule is CC(C)Oc1ccc(CNC(=O)c2ccc(C[S@](=O)Cc3ccc(Cl)cc3)o2)cc1. The second-order valence-electron chi connectivity index (χ2n) is 7.11. The fourth-order valence-corrected chi connectivity index (χ4v) is 4.05. The summed E-state index contributed by atoms with van der Waals surface area (Å²) >= 11 is 5.87. The maximum absolute atomic E-state index is 12.4. The molecule has 1 aromatic heterocycles. The van der Waals surface area contributed by atoms with E-state index in [1.165, 1.54) is 0 Å². The summed E-state index contributed by atoms with van der Waals surface area (Å²) in [5.41, 5.74) is 1.89. The largest absolute Gasteiger partial charge is 0.491 e. The molecule has 1 amide bonds. The minimum absolute atomic E-state index is 0.115. The Hall–Kier alpha value is -2.57. The van der Waals surface area contributed by atoms with Crippen molar-refractivity contribution >= 4 is 28.3 Å². The molecule has 0 aliphatic carbocycles. The van der Waals surface area contributed by atoms with Crippen LogP contribution >= 0.6 is 11.6 Å². The molecule has 1 atom stereocenters. The number of amides is 1. The van der Waals surface area contributed by atoms with Gasteiger partial charge >= 0.3 is 0 Å². The van der Waals surface area contributed by atoms with Crippen LogP contribution in [0.3, 0.4) is 0 Å². The first-order valence-corrected chi connectivity index (χ1v) is 11.5. The summed E-state index contributed by atoms with van der Waals surface area (Å²) in [6.45, 7) is 4.32. The first kappa shape index (κ1) is 22.1. The van der Waals surface area contributed by atoms with Gasteiger partial charge in [0.15, 0.2) is 5.76 Å². The van der Waals surface area contributed by atoms with Gasteiger partial charge in [0.05, 0.1) is 11.9 Å². The molecule has 7 heteroatoms. The zero-order valence-corrected chi connectivity index (χ0v) is 18.5. The summed E-state index contributed by atoms with van der Waals surface area (Å²) in [5.74, 6) is 1.84. The third-order valence-electron chi connectivity index (χ3n) is 4.18. The normalized spacial score (nSPS) is 12.0. The molecular weight excluding hydrogens is 422 g/mol. The van der Waals surface area contributed by atoms with E-state index in [0.717, 1.165) is 16.9 Å². The van der Waals surface area contributed by atoms with Crippen molar-refractivity contribution in [3.05, 3.63) is 88.3 Å². The highest BCUT2D eigenvalue weighted by atomic mass is 35.5. The number of hydrogen-bond donors (Lipinski definition) is 1. The van der Waals surface area contributed by atoms with Crippen molar-refractivity contribution in [2.45, 2.75) is 38.0 Å². The van der Waals surface area contributed by atoms with E-state index < -0.39 is 10.8 Å². The fourth-order valence-electron chi connectivity index (χ4n) is 2.78. The lowest BCUT2D eigenvalue weighted by Crippen LogP contribution is -2.22. The van der Waals surface area contributed by atoms with Crippen molar-refractivity contribution in [2.24, 2.45) is 0 Å². The Balaban J connectivity index is 1.49. The molecule has 1 N–H and O–H groups in total. The van der Waals surface area contributed by atoms with Crippen LogP contribution in [-0.4, -0.2) is 16.2 Å². The monoisotopic (exact) mass is 445 g/mol. The van der Waals surface area contributed by atoms with Crippen LogP contribution in [0.5, 0.6) is 5.75 Å². The number of hydrogen-bond acceptors (Lipinski definition) is 4. The van der Waals surface area contributed by atoms with Gasteiger partial charge in [-0.25, -0.2) is 0 Å². The molecule has 3 aromatic rings. The fraction of sp³-hybridized carbons (Fsp3) is 0.261. The van der Waals surface area contributed by atoms with Gasteiger partial charge in [-0.2, -0.15) is 0 Å². The number of ether oxygens (including phenoxy) is 1. The van der Waals surface area contributed by atoms with Gasteiger partial charge in [0.1, 0.15) is 11.5 Å². The van der Waals surface area contributed by atoms with E-state index in [1.54, 1.807) is 24.3 Å². The first-order valence-electron chi connectivity index (χ1n) is 9.61. The smallest absolute Gasteiger partial charge is 0.287 e. The zero-order chi connectivity index (χ0) is 21.5. The molecule has 3 rings (SSSR count). The third kappa shape index (κ3) is 6.75. The standard InChI is InChI=1S/C23H24ClNO4S/c1-16(2)28-20-9-5-17(6-10-20)13-25-23(26)22-12-11-21(29-22)15-30(27)14-18-3-7-19(24)8-4-18/h3-12,16H,13-15H2,1-2H3,(H,25,26)/t30-/m1/s1. The van der Waals surface area contributed by atoms with Crippen molar-refractivity contribution in [1.29, 1.82) is 0 Å². The van der Waals surface area contributed by atoms with Gasteiger partial charge in [0, 0.05) is 28.1 Å². The number of halogens is 1. The minimum Gasteiger partial charge on any atom is -0.491 e. The van der Waals surface area contributed by atoms with Crippen molar-refractivity contribution in [3.63, 3.8) is 0 Å². The molecule has 2 aromatic carbocycles. The molecule has 5 nitrogen and oxygen atoms in total. The van der Waals surface area contributed by atoms with Crippen LogP contribution in [0, 0.1) is 0 Å². The van der Waals surface area contributed by atoms with Gasteiger partial charge in [-0.3, -0.25) is 9.00 Å². The van der Waals surface area contributed by atoms with Crippen molar-refractivity contribution in [1.82, 2.24) is 5.32 Å². The molecule has 0 radical (unpaired) electrons. The maximum Gasteiger partial charge on any atom is 0.287 e. The van der Waals surface area contributed by atoms with Crippen molar-refractivity contribution in [2.75, 3.05) is 0 Å². The average molecular weight is 446 g/mol. The number of carbonyl (C=O) groups is 1. The van der Waals surface area contributed by atoms with E-state index in [9.17, 15) is 9.00 Å². The second-order valence-corrected chi connectivity index (χ2v) is 9.01. The molecule has 0 spiro atoms. The molecule has 1 heterocycles. The molecule has 0 fully saturated rings. The summed E-state index contributed by atoms with van der Waals surface area (Å²) < 4.78 is 23.5. The lowest BCUT2D eigenvalue weighted by Gasteiger charge is -2.10. The van der Waals surface area contributed by atoms with Gasteiger partial charge < -0.3 is 14.5 Å². The molecule has 0 bridgehead atoms. The van der Waals surface area contributed by atoms with Crippen LogP contribution in [0.1, 0.15) is 41.3 Å². The highest BCUT2D eigenvalue weighted by Crippen LogP contribution is 2.16. The summed E-state index contributed by atoms with van der Waals surface area (Å²) in [6, 6.07) is 18.1. The Morgan fingerprint density at radius 1 is 1.00 bits per heavy atom. The molecule has 0 aliphatic rings. The van der Waals surface area contributed by atoms with E-state index in [4.69, 9.17) is 20.8 Å². The highest BCUT2D eigenvalue weighted by Gasteiger charge is 2.13. The maximum atomic E-state index is 12.4. The Bertz CT molecular complexity index is 997. The van der Waals surface area contributed by atoms with Crippen LogP contribution in [0.4, 0.5) is 0 Å². The van der Waals surface area contributed by atoms with Gasteiger partial charge in [0.2, 0.25) is 0 Å². The number of carbonyl (C=O) groups excluding carboxylic acids is 1. The quantitative estimate of drug-likeness (QED) is 0.497. The third-order valence-corrected chi connectivity index (χ3v) is 5.69. The molecule has 0 unspecified atom stereocenters. The van der Waals surface area contributed by atoms with Crippen LogP contribution < -0.4 is 10.1 Å². The Kier molecular flexibility index (Phi) is 7.71. The number of rotatable bonds is 9. The van der Waals surface area contributed by atoms with Gasteiger partial charge in [0.25, 0.3) is 5.91 Å². The second kappa shape index (κ2) is 10.5. The predicted molar refractivity (Wildman–Crippen MR) is 119 cm³/mol. The molecule has 0 aliphatic heterocycles. The minimum atomic E-state index is -1.15. The number of furan rings is 1. The van der Waals surface area contributed by atoms with E-state index in [0.29, 0.717) is 23.1 Å². The van der Waals surface area contributed by atoms with Crippen molar-refractivity contribution in [3.8, 4) is 5.75 Å². The molecule has 30 heavy (non-hydrogen) atoms. The van der Waals surface area contributed by atoms with Crippen LogP contribution in [-0.2, 0) is 28.9 Å². The summed E-state index contributed by atoms with van der Waals surface area (Å²) in [4.78, 5) is 12.3. The lowest BCUT2D eigenvalue weighted by atomic mass is 10.2. The summed E-state index contributed by atoms with van der Waals surface area (Å²) in [5, 5.41) is 3.47. The van der Waals surface area contributed by atoms with E-state index >= 15 is 0 Å².